The smallest absolute Gasteiger partial charge is 0.416 e. The molecular weight excluding hydrogens is 397 g/mol. The van der Waals surface area contributed by atoms with E-state index in [-0.39, 0.29) is 16.8 Å². The summed E-state index contributed by atoms with van der Waals surface area (Å²) in [7, 11) is -2.58. The van der Waals surface area contributed by atoms with Gasteiger partial charge in [0, 0.05) is 13.7 Å². The van der Waals surface area contributed by atoms with Crippen LogP contribution in [0.25, 0.3) is 5.70 Å². The van der Waals surface area contributed by atoms with E-state index in [0.717, 1.165) is 16.7 Å². The molecule has 152 valence electrons. The normalized spacial score (nSPS) is 19.6. The largest absolute Gasteiger partial charge is 0.420 e. The Kier molecular flexibility index (Phi) is 5.58. The van der Waals surface area contributed by atoms with E-state index in [1.165, 1.54) is 7.11 Å². The standard InChI is InChI=1S/C24H22NO4P/c1-17-13-14-21-20(15-17)23(26)24(30(27,28-2)29-21)22(19-11-7-4-8-12-19)25-16-18-9-5-3-6-10-18/h3-15,25H,16H2,1-2H3/b24-22+. The predicted molar refractivity (Wildman–Crippen MR) is 117 cm³/mol. The van der Waals surface area contributed by atoms with Crippen molar-refractivity contribution in [3.8, 4) is 5.75 Å². The lowest BCUT2D eigenvalue weighted by atomic mass is 10.0. The van der Waals surface area contributed by atoms with Crippen LogP contribution in [0, 0.1) is 6.92 Å². The summed E-state index contributed by atoms with van der Waals surface area (Å²) in [4.78, 5) is 13.5. The van der Waals surface area contributed by atoms with Gasteiger partial charge < -0.3 is 9.84 Å². The number of carbonyl (C=O) groups excluding carboxylic acids is 1. The van der Waals surface area contributed by atoms with Gasteiger partial charge in [0.25, 0.3) is 0 Å². The van der Waals surface area contributed by atoms with Crippen LogP contribution >= 0.6 is 7.60 Å². The van der Waals surface area contributed by atoms with Crippen molar-refractivity contribution in [1.82, 2.24) is 5.32 Å². The summed E-state index contributed by atoms with van der Waals surface area (Å²) in [6.45, 7) is 2.35. The van der Waals surface area contributed by atoms with Crippen molar-refractivity contribution in [2.24, 2.45) is 0 Å². The van der Waals surface area contributed by atoms with Crippen molar-refractivity contribution in [3.63, 3.8) is 0 Å². The highest BCUT2D eigenvalue weighted by Crippen LogP contribution is 2.61. The molecule has 1 aliphatic rings. The quantitative estimate of drug-likeness (QED) is 0.433. The number of hydrogen-bond donors (Lipinski definition) is 1. The van der Waals surface area contributed by atoms with Crippen LogP contribution in [-0.4, -0.2) is 12.9 Å². The zero-order chi connectivity index (χ0) is 21.1. The molecule has 1 heterocycles. The van der Waals surface area contributed by atoms with Crippen LogP contribution < -0.4 is 9.84 Å². The fourth-order valence-electron chi connectivity index (χ4n) is 3.42. The van der Waals surface area contributed by atoms with Crippen molar-refractivity contribution < 1.29 is 18.4 Å². The number of aryl methyl sites for hydroxylation is 1. The second-order valence-corrected chi connectivity index (χ2v) is 9.02. The third-order valence-corrected chi connectivity index (χ3v) is 6.83. The molecule has 30 heavy (non-hydrogen) atoms. The molecule has 6 heteroatoms. The molecule has 0 spiro atoms. The Morgan fingerprint density at radius 3 is 2.33 bits per heavy atom. The first-order valence-electron chi connectivity index (χ1n) is 9.60. The Bertz CT molecular complexity index is 1160. The van der Waals surface area contributed by atoms with E-state index in [1.54, 1.807) is 12.1 Å². The van der Waals surface area contributed by atoms with Gasteiger partial charge in [0.2, 0.25) is 5.78 Å². The van der Waals surface area contributed by atoms with Crippen molar-refractivity contribution in [3.05, 3.63) is 106 Å². The van der Waals surface area contributed by atoms with Gasteiger partial charge in [-0.15, -0.1) is 0 Å². The average molecular weight is 419 g/mol. The zero-order valence-electron chi connectivity index (χ0n) is 16.8. The van der Waals surface area contributed by atoms with Gasteiger partial charge in [0.15, 0.2) is 0 Å². The van der Waals surface area contributed by atoms with E-state index in [0.29, 0.717) is 17.8 Å². The van der Waals surface area contributed by atoms with Gasteiger partial charge in [0.05, 0.1) is 11.3 Å². The number of carbonyl (C=O) groups is 1. The minimum atomic E-state index is -3.88. The Labute approximate surface area is 175 Å². The number of ketones is 1. The number of allylic oxidation sites excluding steroid dienone is 1. The van der Waals surface area contributed by atoms with Gasteiger partial charge in [-0.25, -0.2) is 4.57 Å². The monoisotopic (exact) mass is 419 g/mol. The first kappa shape index (κ1) is 20.1. The van der Waals surface area contributed by atoms with E-state index >= 15 is 0 Å². The third-order valence-electron chi connectivity index (χ3n) is 4.94. The maximum atomic E-state index is 13.7. The first-order chi connectivity index (χ1) is 14.5. The van der Waals surface area contributed by atoms with Crippen molar-refractivity contribution >= 4 is 19.1 Å². The van der Waals surface area contributed by atoms with E-state index in [2.05, 4.69) is 5.32 Å². The molecule has 0 aliphatic carbocycles. The van der Waals surface area contributed by atoms with Crippen LogP contribution in [0.1, 0.15) is 27.0 Å². The number of Topliss-reactive ketones (excluding diaryl/α,β-unsaturated/α-hetero) is 1. The summed E-state index contributed by atoms with van der Waals surface area (Å²) in [6, 6.07) is 24.3. The SMILES string of the molecule is COP1(=O)Oc2ccc(C)cc2C(=O)/C1=C(\NCc1ccccc1)c1ccccc1. The van der Waals surface area contributed by atoms with Crippen LogP contribution in [0.4, 0.5) is 0 Å². The Morgan fingerprint density at radius 1 is 1.00 bits per heavy atom. The molecule has 3 aromatic rings. The minimum absolute atomic E-state index is 0.0187. The molecule has 1 atom stereocenters. The minimum Gasteiger partial charge on any atom is -0.420 e. The lowest BCUT2D eigenvalue weighted by molar-refractivity contribution is 0.103. The third kappa shape index (κ3) is 3.82. The molecule has 1 unspecified atom stereocenters. The molecule has 0 amide bonds. The summed E-state index contributed by atoms with van der Waals surface area (Å²) < 4.78 is 24.7. The van der Waals surface area contributed by atoms with Gasteiger partial charge in [-0.1, -0.05) is 72.3 Å². The van der Waals surface area contributed by atoms with Crippen molar-refractivity contribution in [2.45, 2.75) is 13.5 Å². The number of fused-ring (bicyclic) bond motifs is 1. The van der Waals surface area contributed by atoms with Crippen molar-refractivity contribution in [2.75, 3.05) is 7.11 Å². The van der Waals surface area contributed by atoms with Crippen LogP contribution in [0.3, 0.4) is 0 Å². The molecule has 1 aliphatic heterocycles. The van der Waals surface area contributed by atoms with E-state index in [9.17, 15) is 9.36 Å². The summed E-state index contributed by atoms with van der Waals surface area (Å²) in [5, 5.41) is 3.33. The molecule has 0 radical (unpaired) electrons. The lowest BCUT2D eigenvalue weighted by Gasteiger charge is -2.28. The molecule has 1 N–H and O–H groups in total. The number of nitrogens with one attached hydrogen (secondary N) is 1. The van der Waals surface area contributed by atoms with Crippen LogP contribution in [0.2, 0.25) is 0 Å². The first-order valence-corrected chi connectivity index (χ1v) is 11.1. The second kappa shape index (κ2) is 8.31. The van der Waals surface area contributed by atoms with Crippen LogP contribution in [0.15, 0.2) is 84.2 Å². The zero-order valence-corrected chi connectivity index (χ0v) is 17.7. The predicted octanol–water partition coefficient (Wildman–Crippen LogP) is 5.57. The van der Waals surface area contributed by atoms with Gasteiger partial charge >= 0.3 is 7.60 Å². The topological polar surface area (TPSA) is 64.6 Å². The van der Waals surface area contributed by atoms with Gasteiger partial charge in [-0.3, -0.25) is 9.32 Å². The molecule has 0 fully saturated rings. The fourth-order valence-corrected chi connectivity index (χ4v) is 5.04. The number of hydrogen-bond acceptors (Lipinski definition) is 5. The Balaban J connectivity index is 1.89. The Morgan fingerprint density at radius 2 is 1.67 bits per heavy atom. The Hall–Kier alpha value is -3.14. The highest BCUT2D eigenvalue weighted by Gasteiger charge is 2.45. The van der Waals surface area contributed by atoms with Crippen LogP contribution in [0.5, 0.6) is 5.75 Å². The molecule has 0 saturated carbocycles. The highest BCUT2D eigenvalue weighted by molar-refractivity contribution is 7.61. The lowest BCUT2D eigenvalue weighted by Crippen LogP contribution is -2.23. The second-order valence-electron chi connectivity index (χ2n) is 7.03. The molecule has 0 saturated heterocycles. The molecule has 0 bridgehead atoms. The van der Waals surface area contributed by atoms with Gasteiger partial charge in [-0.2, -0.15) is 0 Å². The van der Waals surface area contributed by atoms with E-state index in [1.807, 2.05) is 73.7 Å². The fraction of sp³-hybridized carbons (Fsp3) is 0.125. The number of benzene rings is 3. The van der Waals surface area contributed by atoms with Gasteiger partial charge in [-0.05, 0) is 30.2 Å². The summed E-state index contributed by atoms with van der Waals surface area (Å²) in [6.07, 6.45) is 0. The molecular formula is C24H22NO4P. The molecule has 4 rings (SSSR count). The maximum Gasteiger partial charge on any atom is 0.416 e. The summed E-state index contributed by atoms with van der Waals surface area (Å²) >= 11 is 0. The molecule has 5 nitrogen and oxygen atoms in total. The van der Waals surface area contributed by atoms with Crippen LogP contribution in [-0.2, 0) is 15.6 Å². The maximum absolute atomic E-state index is 13.7. The highest BCUT2D eigenvalue weighted by atomic mass is 31.2. The van der Waals surface area contributed by atoms with Crippen molar-refractivity contribution in [1.29, 1.82) is 0 Å². The van der Waals surface area contributed by atoms with E-state index < -0.39 is 7.60 Å². The summed E-state index contributed by atoms with van der Waals surface area (Å²) in [5.74, 6) is -0.0837. The number of rotatable bonds is 5. The van der Waals surface area contributed by atoms with Gasteiger partial charge in [0.1, 0.15) is 11.1 Å². The average Bonchev–Trinajstić information content (AvgIpc) is 2.78. The molecule has 3 aromatic carbocycles. The molecule has 0 aromatic heterocycles. The van der Waals surface area contributed by atoms with E-state index in [4.69, 9.17) is 9.05 Å². The summed E-state index contributed by atoms with van der Waals surface area (Å²) in [5.41, 5.74) is 3.50.